The van der Waals surface area contributed by atoms with Crippen LogP contribution in [0.2, 0.25) is 0 Å². The first-order valence-corrected chi connectivity index (χ1v) is 11.8. The molecule has 0 unspecified atom stereocenters. The average Bonchev–Trinajstić information content (AvgIpc) is 3.11. The van der Waals surface area contributed by atoms with E-state index in [2.05, 4.69) is 9.88 Å². The van der Waals surface area contributed by atoms with Gasteiger partial charge in [0.1, 0.15) is 17.1 Å². The maximum Gasteiger partial charge on any atom is 0.270 e. The highest BCUT2D eigenvalue weighted by Gasteiger charge is 2.34. The lowest BCUT2D eigenvalue weighted by molar-refractivity contribution is -0.122. The minimum Gasteiger partial charge on any atom is -0.494 e. The van der Waals surface area contributed by atoms with Gasteiger partial charge in [-0.25, -0.2) is 0 Å². The van der Waals surface area contributed by atoms with Gasteiger partial charge in [0, 0.05) is 17.1 Å². The monoisotopic (exact) mass is 489 g/mol. The third kappa shape index (κ3) is 4.83. The van der Waals surface area contributed by atoms with E-state index in [4.69, 9.17) is 21.7 Å². The summed E-state index contributed by atoms with van der Waals surface area (Å²) >= 11 is 5.31. The summed E-state index contributed by atoms with van der Waals surface area (Å²) in [5.41, 5.74) is 4.18. The zero-order chi connectivity index (χ0) is 25.1. The minimum absolute atomic E-state index is 0.0134. The van der Waals surface area contributed by atoms with Gasteiger partial charge in [-0.1, -0.05) is 0 Å². The van der Waals surface area contributed by atoms with Gasteiger partial charge in [-0.15, -0.1) is 0 Å². The summed E-state index contributed by atoms with van der Waals surface area (Å²) in [5, 5.41) is 2.68. The molecule has 2 heterocycles. The minimum atomic E-state index is -0.520. The Labute approximate surface area is 210 Å². The zero-order valence-corrected chi connectivity index (χ0v) is 20.9. The molecule has 0 atom stereocenters. The highest BCUT2D eigenvalue weighted by molar-refractivity contribution is 7.80. The fraction of sp³-hybridized carbons (Fsp3) is 0.222. The van der Waals surface area contributed by atoms with Gasteiger partial charge in [0.05, 0.1) is 18.9 Å². The van der Waals surface area contributed by atoms with E-state index in [1.807, 2.05) is 58.0 Å². The molecule has 0 aliphatic carbocycles. The first kappa shape index (κ1) is 24.2. The van der Waals surface area contributed by atoms with Crippen LogP contribution in [-0.4, -0.2) is 34.7 Å². The second-order valence-corrected chi connectivity index (χ2v) is 8.36. The second kappa shape index (κ2) is 10.1. The third-order valence-electron chi connectivity index (χ3n) is 5.68. The van der Waals surface area contributed by atoms with Crippen LogP contribution in [0.1, 0.15) is 30.8 Å². The number of hydrogen-bond acceptors (Lipinski definition) is 5. The number of carbonyl (C=O) groups is 2. The van der Waals surface area contributed by atoms with Gasteiger partial charge in [0.2, 0.25) is 0 Å². The van der Waals surface area contributed by atoms with Crippen molar-refractivity contribution in [2.45, 2.75) is 27.7 Å². The van der Waals surface area contributed by atoms with Crippen molar-refractivity contribution in [3.8, 4) is 17.2 Å². The Morgan fingerprint density at radius 2 is 1.43 bits per heavy atom. The number of ether oxygens (including phenoxy) is 2. The molecule has 2 aromatic carbocycles. The van der Waals surface area contributed by atoms with Gasteiger partial charge in [-0.3, -0.25) is 19.8 Å². The van der Waals surface area contributed by atoms with Crippen molar-refractivity contribution in [2.75, 3.05) is 18.1 Å². The number of benzene rings is 2. The molecule has 1 saturated heterocycles. The lowest BCUT2D eigenvalue weighted by Gasteiger charge is -2.29. The van der Waals surface area contributed by atoms with Crippen LogP contribution in [0.3, 0.4) is 0 Å². The number of rotatable bonds is 7. The predicted molar refractivity (Wildman–Crippen MR) is 140 cm³/mol. The normalized spacial score (nSPS) is 14.9. The molecule has 0 saturated carbocycles. The molecule has 2 amide bonds. The van der Waals surface area contributed by atoms with Crippen LogP contribution in [0.4, 0.5) is 5.69 Å². The Morgan fingerprint density at radius 1 is 0.886 bits per heavy atom. The fourth-order valence-corrected chi connectivity index (χ4v) is 4.38. The summed E-state index contributed by atoms with van der Waals surface area (Å²) in [5.74, 6) is 0.492. The van der Waals surface area contributed by atoms with E-state index >= 15 is 0 Å². The van der Waals surface area contributed by atoms with Gasteiger partial charge in [-0.2, -0.15) is 0 Å². The van der Waals surface area contributed by atoms with Gasteiger partial charge >= 0.3 is 0 Å². The van der Waals surface area contributed by atoms with E-state index in [0.29, 0.717) is 24.7 Å². The summed E-state index contributed by atoms with van der Waals surface area (Å²) in [6.45, 7) is 8.92. The van der Waals surface area contributed by atoms with Crippen LogP contribution in [0.5, 0.6) is 11.5 Å². The van der Waals surface area contributed by atoms with Crippen molar-refractivity contribution in [1.29, 1.82) is 0 Å². The molecule has 35 heavy (non-hydrogen) atoms. The van der Waals surface area contributed by atoms with Crippen molar-refractivity contribution in [3.05, 3.63) is 77.1 Å². The van der Waals surface area contributed by atoms with Crippen molar-refractivity contribution >= 4 is 40.9 Å². The smallest absolute Gasteiger partial charge is 0.270 e. The van der Waals surface area contributed by atoms with Crippen LogP contribution >= 0.6 is 12.2 Å². The number of nitrogens with one attached hydrogen (secondary N) is 1. The van der Waals surface area contributed by atoms with Crippen LogP contribution in [-0.2, 0) is 9.59 Å². The molecule has 0 bridgehead atoms. The number of hydrogen-bond donors (Lipinski definition) is 1. The number of thiocarbonyl (C=S) groups is 1. The molecule has 1 aromatic heterocycles. The van der Waals surface area contributed by atoms with Crippen molar-refractivity contribution < 1.29 is 19.1 Å². The van der Waals surface area contributed by atoms with Crippen LogP contribution < -0.4 is 19.7 Å². The number of aryl methyl sites for hydroxylation is 1. The SMILES string of the molecule is CCOc1ccc(N2C(=O)/C(=C/c3cc(C)n(-c4ccc(OCC)cc4)c3C)C(=O)NC2=S)cc1. The zero-order valence-electron chi connectivity index (χ0n) is 20.1. The molecule has 3 aromatic rings. The Morgan fingerprint density at radius 3 is 1.97 bits per heavy atom. The van der Waals surface area contributed by atoms with E-state index in [1.165, 1.54) is 4.90 Å². The lowest BCUT2D eigenvalue weighted by Crippen LogP contribution is -2.54. The molecule has 1 N–H and O–H groups in total. The molecule has 0 radical (unpaired) electrons. The molecule has 7 nitrogen and oxygen atoms in total. The van der Waals surface area contributed by atoms with Crippen LogP contribution in [0.15, 0.2) is 60.2 Å². The van der Waals surface area contributed by atoms with Gasteiger partial charge < -0.3 is 14.0 Å². The summed E-state index contributed by atoms with van der Waals surface area (Å²) in [7, 11) is 0. The fourth-order valence-electron chi connectivity index (χ4n) is 4.09. The first-order chi connectivity index (χ1) is 16.8. The maximum absolute atomic E-state index is 13.4. The van der Waals surface area contributed by atoms with Crippen molar-refractivity contribution in [1.82, 2.24) is 9.88 Å². The number of carbonyl (C=O) groups excluding carboxylic acids is 2. The van der Waals surface area contributed by atoms with E-state index in [9.17, 15) is 9.59 Å². The average molecular weight is 490 g/mol. The molecular formula is C27H27N3O4S. The summed E-state index contributed by atoms with van der Waals surface area (Å²) in [6, 6.07) is 16.8. The highest BCUT2D eigenvalue weighted by Crippen LogP contribution is 2.27. The molecule has 1 fully saturated rings. The Kier molecular flexibility index (Phi) is 7.02. The molecule has 1 aliphatic rings. The first-order valence-electron chi connectivity index (χ1n) is 11.4. The van der Waals surface area contributed by atoms with E-state index in [0.717, 1.165) is 28.4 Å². The van der Waals surface area contributed by atoms with E-state index in [1.54, 1.807) is 30.3 Å². The number of amides is 2. The summed E-state index contributed by atoms with van der Waals surface area (Å²) in [4.78, 5) is 27.5. The van der Waals surface area contributed by atoms with Gasteiger partial charge in [0.25, 0.3) is 11.8 Å². The third-order valence-corrected chi connectivity index (χ3v) is 5.97. The summed E-state index contributed by atoms with van der Waals surface area (Å²) < 4.78 is 13.1. The molecule has 180 valence electrons. The van der Waals surface area contributed by atoms with Gasteiger partial charge in [0.15, 0.2) is 5.11 Å². The quantitative estimate of drug-likeness (QED) is 0.295. The predicted octanol–water partition coefficient (Wildman–Crippen LogP) is 4.72. The standard InChI is InChI=1S/C27H27N3O4S/c1-5-33-22-11-7-20(8-12-22)29-17(3)15-19(18(29)4)16-24-25(31)28-27(35)30(26(24)32)21-9-13-23(14-10-21)34-6-2/h7-16H,5-6H2,1-4H3,(H,28,31,35)/b24-16+. The highest BCUT2D eigenvalue weighted by atomic mass is 32.1. The van der Waals surface area contributed by atoms with E-state index < -0.39 is 11.8 Å². The maximum atomic E-state index is 13.4. The molecule has 8 heteroatoms. The van der Waals surface area contributed by atoms with E-state index in [-0.39, 0.29) is 10.7 Å². The Balaban J connectivity index is 1.67. The van der Waals surface area contributed by atoms with Crippen LogP contribution in [0, 0.1) is 13.8 Å². The molecule has 1 aliphatic heterocycles. The topological polar surface area (TPSA) is 72.8 Å². The largest absolute Gasteiger partial charge is 0.494 e. The molecule has 0 spiro atoms. The Hall–Kier alpha value is -3.91. The number of aromatic nitrogens is 1. The van der Waals surface area contributed by atoms with Crippen molar-refractivity contribution in [3.63, 3.8) is 0 Å². The molecule has 4 rings (SSSR count). The van der Waals surface area contributed by atoms with Gasteiger partial charge in [-0.05, 0) is 106 Å². The second-order valence-electron chi connectivity index (χ2n) is 7.97. The number of anilines is 1. The lowest BCUT2D eigenvalue weighted by atomic mass is 10.1. The molecular weight excluding hydrogens is 462 g/mol. The van der Waals surface area contributed by atoms with Crippen LogP contribution in [0.25, 0.3) is 11.8 Å². The summed E-state index contributed by atoms with van der Waals surface area (Å²) in [6.07, 6.45) is 1.62. The Bertz CT molecular complexity index is 1310. The number of nitrogens with zero attached hydrogens (tertiary/aromatic N) is 2. The van der Waals surface area contributed by atoms with Crippen molar-refractivity contribution in [2.24, 2.45) is 0 Å².